The predicted molar refractivity (Wildman–Crippen MR) is 86.7 cm³/mol. The number of benzene rings is 1. The molecule has 1 rings (SSSR count). The van der Waals surface area contributed by atoms with E-state index < -0.39 is 0 Å². The summed E-state index contributed by atoms with van der Waals surface area (Å²) >= 11 is 0. The van der Waals surface area contributed by atoms with Gasteiger partial charge in [-0.15, -0.1) is 0 Å². The number of aryl methyl sites for hydroxylation is 1. The lowest BCUT2D eigenvalue weighted by Crippen LogP contribution is -1.91. The zero-order valence-corrected chi connectivity index (χ0v) is 12.7. The number of ether oxygens (including phenoxy) is 1. The Morgan fingerprint density at radius 2 is 1.84 bits per heavy atom. The van der Waals surface area contributed by atoms with Crippen LogP contribution in [0.3, 0.4) is 0 Å². The van der Waals surface area contributed by atoms with Crippen LogP contribution in [0.5, 0.6) is 5.75 Å². The van der Waals surface area contributed by atoms with Crippen molar-refractivity contribution in [3.8, 4) is 5.75 Å². The Hall–Kier alpha value is -1.76. The summed E-state index contributed by atoms with van der Waals surface area (Å²) in [6.45, 7) is 13.9. The molecule has 0 aromatic heterocycles. The second-order valence-corrected chi connectivity index (χ2v) is 4.27. The SMILES string of the molecule is C=C/C=C(\C=C)c1ccc(C)cc1OC.CCCC. The van der Waals surface area contributed by atoms with E-state index in [1.54, 1.807) is 19.3 Å². The molecule has 1 aromatic rings. The van der Waals surface area contributed by atoms with Crippen molar-refractivity contribution in [3.63, 3.8) is 0 Å². The largest absolute Gasteiger partial charge is 0.496 e. The molecule has 0 heterocycles. The minimum atomic E-state index is 0.864. The van der Waals surface area contributed by atoms with E-state index in [2.05, 4.69) is 33.1 Å². The van der Waals surface area contributed by atoms with Crippen molar-refractivity contribution in [2.24, 2.45) is 0 Å². The lowest BCUT2D eigenvalue weighted by atomic mass is 10.0. The Kier molecular flexibility index (Phi) is 9.25. The molecule has 0 aliphatic heterocycles. The van der Waals surface area contributed by atoms with Gasteiger partial charge in [-0.05, 0) is 24.1 Å². The van der Waals surface area contributed by atoms with E-state index in [-0.39, 0.29) is 0 Å². The van der Waals surface area contributed by atoms with Crippen molar-refractivity contribution in [1.82, 2.24) is 0 Å². The minimum absolute atomic E-state index is 0.864. The highest BCUT2D eigenvalue weighted by Crippen LogP contribution is 2.27. The Bertz CT molecular complexity index is 425. The molecule has 1 heteroatoms. The number of rotatable bonds is 5. The smallest absolute Gasteiger partial charge is 0.126 e. The first-order chi connectivity index (χ1) is 9.14. The molecule has 0 radical (unpaired) electrons. The summed E-state index contributed by atoms with van der Waals surface area (Å²) in [6.07, 6.45) is 8.10. The average molecular weight is 258 g/mol. The molecule has 1 aromatic carbocycles. The van der Waals surface area contributed by atoms with Gasteiger partial charge in [-0.1, -0.05) is 70.2 Å². The van der Waals surface area contributed by atoms with Crippen LogP contribution in [0.15, 0.2) is 49.6 Å². The van der Waals surface area contributed by atoms with Gasteiger partial charge in [-0.25, -0.2) is 0 Å². The molecule has 0 fully saturated rings. The summed E-state index contributed by atoms with van der Waals surface area (Å²) in [5, 5.41) is 0. The van der Waals surface area contributed by atoms with Crippen LogP contribution in [0.2, 0.25) is 0 Å². The molecule has 0 aliphatic rings. The maximum atomic E-state index is 5.33. The quantitative estimate of drug-likeness (QED) is 0.628. The summed E-state index contributed by atoms with van der Waals surface area (Å²) in [4.78, 5) is 0. The first-order valence-corrected chi connectivity index (χ1v) is 6.74. The molecule has 0 spiro atoms. The van der Waals surface area contributed by atoms with Crippen molar-refractivity contribution in [2.45, 2.75) is 33.6 Å². The van der Waals surface area contributed by atoms with Crippen LogP contribution in [0.1, 0.15) is 37.8 Å². The molecule has 0 amide bonds. The number of unbranched alkanes of at least 4 members (excludes halogenated alkanes) is 1. The number of hydrogen-bond donors (Lipinski definition) is 0. The molecule has 0 aliphatic carbocycles. The minimum Gasteiger partial charge on any atom is -0.496 e. The monoisotopic (exact) mass is 258 g/mol. The zero-order chi connectivity index (χ0) is 14.7. The first kappa shape index (κ1) is 17.2. The molecular weight excluding hydrogens is 232 g/mol. The highest BCUT2D eigenvalue weighted by molar-refractivity contribution is 5.78. The van der Waals surface area contributed by atoms with Crippen LogP contribution in [-0.4, -0.2) is 7.11 Å². The van der Waals surface area contributed by atoms with Crippen molar-refractivity contribution < 1.29 is 4.74 Å². The van der Waals surface area contributed by atoms with Crippen molar-refractivity contribution >= 4 is 5.57 Å². The highest BCUT2D eigenvalue weighted by atomic mass is 16.5. The molecule has 104 valence electrons. The maximum absolute atomic E-state index is 5.33. The van der Waals surface area contributed by atoms with Crippen LogP contribution in [-0.2, 0) is 0 Å². The lowest BCUT2D eigenvalue weighted by Gasteiger charge is -2.09. The van der Waals surface area contributed by atoms with Gasteiger partial charge in [0.25, 0.3) is 0 Å². The molecule has 0 saturated carbocycles. The lowest BCUT2D eigenvalue weighted by molar-refractivity contribution is 0.413. The maximum Gasteiger partial charge on any atom is 0.126 e. The van der Waals surface area contributed by atoms with Gasteiger partial charge in [-0.2, -0.15) is 0 Å². The summed E-state index contributed by atoms with van der Waals surface area (Å²) < 4.78 is 5.33. The fourth-order valence-corrected chi connectivity index (χ4v) is 1.43. The van der Waals surface area contributed by atoms with E-state index >= 15 is 0 Å². The second kappa shape index (κ2) is 10.2. The summed E-state index contributed by atoms with van der Waals surface area (Å²) in [6, 6.07) is 6.10. The van der Waals surface area contributed by atoms with Gasteiger partial charge in [0.05, 0.1) is 7.11 Å². The van der Waals surface area contributed by atoms with Gasteiger partial charge in [0.15, 0.2) is 0 Å². The van der Waals surface area contributed by atoms with E-state index in [9.17, 15) is 0 Å². The molecule has 1 nitrogen and oxygen atoms in total. The van der Waals surface area contributed by atoms with Crippen molar-refractivity contribution in [2.75, 3.05) is 7.11 Å². The normalized spacial score (nSPS) is 10.2. The van der Waals surface area contributed by atoms with Gasteiger partial charge in [0.2, 0.25) is 0 Å². The van der Waals surface area contributed by atoms with Crippen LogP contribution in [0, 0.1) is 6.92 Å². The van der Waals surface area contributed by atoms with Gasteiger partial charge in [-0.3, -0.25) is 0 Å². The van der Waals surface area contributed by atoms with Crippen LogP contribution < -0.4 is 4.74 Å². The van der Waals surface area contributed by atoms with Crippen molar-refractivity contribution in [3.05, 3.63) is 60.7 Å². The second-order valence-electron chi connectivity index (χ2n) is 4.27. The zero-order valence-electron chi connectivity index (χ0n) is 12.7. The fourth-order valence-electron chi connectivity index (χ4n) is 1.43. The summed E-state index contributed by atoms with van der Waals surface area (Å²) in [5.74, 6) is 0.864. The van der Waals surface area contributed by atoms with Crippen molar-refractivity contribution in [1.29, 1.82) is 0 Å². The molecule has 0 saturated heterocycles. The third kappa shape index (κ3) is 6.10. The third-order valence-corrected chi connectivity index (χ3v) is 2.69. The van der Waals surface area contributed by atoms with Crippen LogP contribution in [0.25, 0.3) is 5.57 Å². The number of allylic oxidation sites excluding steroid dienone is 4. The van der Waals surface area contributed by atoms with Gasteiger partial charge >= 0.3 is 0 Å². The third-order valence-electron chi connectivity index (χ3n) is 2.69. The van der Waals surface area contributed by atoms with E-state index in [1.807, 2.05) is 25.1 Å². The van der Waals surface area contributed by atoms with E-state index in [1.165, 1.54) is 18.4 Å². The predicted octanol–water partition coefficient (Wildman–Crippen LogP) is 5.57. The molecular formula is C18H26O. The summed E-state index contributed by atoms with van der Waals surface area (Å²) in [5.41, 5.74) is 3.23. The molecule has 0 unspecified atom stereocenters. The number of hydrogen-bond acceptors (Lipinski definition) is 1. The van der Waals surface area contributed by atoms with Gasteiger partial charge in [0, 0.05) is 5.56 Å². The van der Waals surface area contributed by atoms with E-state index in [0.29, 0.717) is 0 Å². The number of methoxy groups -OCH3 is 1. The molecule has 0 bridgehead atoms. The molecule has 19 heavy (non-hydrogen) atoms. The molecule has 0 N–H and O–H groups in total. The Morgan fingerprint density at radius 3 is 2.26 bits per heavy atom. The topological polar surface area (TPSA) is 9.23 Å². The van der Waals surface area contributed by atoms with Gasteiger partial charge in [0.1, 0.15) is 5.75 Å². The first-order valence-electron chi connectivity index (χ1n) is 6.74. The van der Waals surface area contributed by atoms with Crippen LogP contribution >= 0.6 is 0 Å². The van der Waals surface area contributed by atoms with Crippen LogP contribution in [0.4, 0.5) is 0 Å². The Morgan fingerprint density at radius 1 is 1.21 bits per heavy atom. The molecule has 0 atom stereocenters. The van der Waals surface area contributed by atoms with Gasteiger partial charge < -0.3 is 4.74 Å². The van der Waals surface area contributed by atoms with E-state index in [4.69, 9.17) is 4.74 Å². The fraction of sp³-hybridized carbons (Fsp3) is 0.333. The standard InChI is InChI=1S/C14H16O.C4H10/c1-5-7-12(6-2)13-9-8-11(3)10-14(13)15-4;1-3-4-2/h5-10H,1-2H2,3-4H3;3-4H2,1-2H3/b12-7+;. The highest BCUT2D eigenvalue weighted by Gasteiger charge is 2.04. The Labute approximate surface area is 118 Å². The average Bonchev–Trinajstić information content (AvgIpc) is 2.45. The summed E-state index contributed by atoms with van der Waals surface area (Å²) in [7, 11) is 1.67. The Balaban J connectivity index is 0.000000711. The van der Waals surface area contributed by atoms with E-state index in [0.717, 1.165) is 16.9 Å².